The average Bonchev–Trinajstić information content (AvgIpc) is 2.48. The zero-order valence-corrected chi connectivity index (χ0v) is 12.6. The maximum atomic E-state index is 12.0. The van der Waals surface area contributed by atoms with Gasteiger partial charge in [0.2, 0.25) is 0 Å². The van der Waals surface area contributed by atoms with Crippen molar-refractivity contribution in [2.24, 2.45) is 0 Å². The van der Waals surface area contributed by atoms with Crippen LogP contribution in [0.3, 0.4) is 0 Å². The second-order valence-electron chi connectivity index (χ2n) is 4.33. The summed E-state index contributed by atoms with van der Waals surface area (Å²) in [5, 5.41) is 0. The minimum atomic E-state index is -2.23. The second kappa shape index (κ2) is 7.06. The van der Waals surface area contributed by atoms with Gasteiger partial charge in [-0.3, -0.25) is 0 Å². The molecular formula is C16H18O3P+. The molecule has 0 spiro atoms. The Morgan fingerprint density at radius 2 is 1.20 bits per heavy atom. The van der Waals surface area contributed by atoms with Crippen LogP contribution in [0.25, 0.3) is 0 Å². The van der Waals surface area contributed by atoms with E-state index in [0.29, 0.717) is 11.5 Å². The molecule has 2 rings (SSSR count). The first-order valence-electron chi connectivity index (χ1n) is 6.73. The van der Waals surface area contributed by atoms with E-state index in [1.54, 1.807) is 12.1 Å². The highest BCUT2D eigenvalue weighted by Gasteiger charge is 2.26. The summed E-state index contributed by atoms with van der Waals surface area (Å²) in [6.45, 7) is 4.06. The Bertz CT molecular complexity index is 544. The fraction of sp³-hybridized carbons (Fsp3) is 0.250. The van der Waals surface area contributed by atoms with E-state index in [0.717, 1.165) is 24.0 Å². The van der Waals surface area contributed by atoms with Crippen molar-refractivity contribution in [3.05, 3.63) is 59.7 Å². The quantitative estimate of drug-likeness (QED) is 0.707. The number of hydrogen-bond acceptors (Lipinski definition) is 3. The highest BCUT2D eigenvalue weighted by Crippen LogP contribution is 2.34. The van der Waals surface area contributed by atoms with E-state index in [1.165, 1.54) is 0 Å². The van der Waals surface area contributed by atoms with Crippen LogP contribution in [-0.4, -0.2) is 0 Å². The summed E-state index contributed by atoms with van der Waals surface area (Å²) >= 11 is 0. The maximum Gasteiger partial charge on any atom is 0.805 e. The number of aryl methyl sites for hydroxylation is 2. The van der Waals surface area contributed by atoms with Crippen molar-refractivity contribution in [3.63, 3.8) is 0 Å². The van der Waals surface area contributed by atoms with Gasteiger partial charge in [-0.25, -0.2) is 9.05 Å². The molecule has 3 nitrogen and oxygen atoms in total. The van der Waals surface area contributed by atoms with Gasteiger partial charge in [0.15, 0.2) is 11.5 Å². The Morgan fingerprint density at radius 3 is 1.60 bits per heavy atom. The number of hydrogen-bond donors (Lipinski definition) is 0. The largest absolute Gasteiger partial charge is 0.805 e. The third-order valence-corrected chi connectivity index (χ3v) is 3.74. The summed E-state index contributed by atoms with van der Waals surface area (Å²) in [7, 11) is -2.23. The Hall–Kier alpha value is -1.86. The van der Waals surface area contributed by atoms with Gasteiger partial charge in [-0.05, 0) is 25.0 Å². The van der Waals surface area contributed by atoms with Crippen LogP contribution in [0.4, 0.5) is 0 Å². The predicted octanol–water partition coefficient (Wildman–Crippen LogP) is 4.93. The third kappa shape index (κ3) is 3.58. The molecule has 0 atom stereocenters. The van der Waals surface area contributed by atoms with Crippen molar-refractivity contribution in [1.82, 2.24) is 0 Å². The average molecular weight is 289 g/mol. The van der Waals surface area contributed by atoms with E-state index in [4.69, 9.17) is 9.05 Å². The fourth-order valence-corrected chi connectivity index (χ4v) is 2.66. The summed E-state index contributed by atoms with van der Waals surface area (Å²) in [6, 6.07) is 15.1. The van der Waals surface area contributed by atoms with E-state index < -0.39 is 8.25 Å². The minimum absolute atomic E-state index is 0.616. The first-order chi connectivity index (χ1) is 9.74. The van der Waals surface area contributed by atoms with Gasteiger partial charge in [0.1, 0.15) is 0 Å². The van der Waals surface area contributed by atoms with Gasteiger partial charge in [-0.2, -0.15) is 0 Å². The molecule has 0 heterocycles. The lowest BCUT2D eigenvalue weighted by atomic mass is 10.1. The number of para-hydroxylation sites is 2. The lowest BCUT2D eigenvalue weighted by molar-refractivity contribution is 0.412. The molecule has 0 aliphatic carbocycles. The van der Waals surface area contributed by atoms with Crippen molar-refractivity contribution >= 4 is 8.25 Å². The number of rotatable bonds is 6. The van der Waals surface area contributed by atoms with Gasteiger partial charge in [0, 0.05) is 15.7 Å². The summed E-state index contributed by atoms with van der Waals surface area (Å²) in [6.07, 6.45) is 1.65. The lowest BCUT2D eigenvalue weighted by Gasteiger charge is -2.02. The second-order valence-corrected chi connectivity index (χ2v) is 5.14. The topological polar surface area (TPSA) is 35.5 Å². The van der Waals surface area contributed by atoms with Crippen LogP contribution in [0.2, 0.25) is 0 Å². The molecule has 0 saturated carbocycles. The van der Waals surface area contributed by atoms with Crippen LogP contribution >= 0.6 is 8.25 Å². The highest BCUT2D eigenvalue weighted by molar-refractivity contribution is 7.34. The molecule has 0 unspecified atom stereocenters. The molecule has 0 N–H and O–H groups in total. The van der Waals surface area contributed by atoms with Gasteiger partial charge >= 0.3 is 8.25 Å². The van der Waals surface area contributed by atoms with Crippen LogP contribution in [0, 0.1) is 0 Å². The molecule has 0 aliphatic rings. The van der Waals surface area contributed by atoms with E-state index in [1.807, 2.05) is 50.2 Å². The summed E-state index contributed by atoms with van der Waals surface area (Å²) in [4.78, 5) is 0. The molecule has 104 valence electrons. The molecule has 2 aromatic carbocycles. The molecule has 0 aliphatic heterocycles. The minimum Gasteiger partial charge on any atom is -0.222 e. The summed E-state index contributed by atoms with van der Waals surface area (Å²) < 4.78 is 22.9. The van der Waals surface area contributed by atoms with Crippen LogP contribution in [0.15, 0.2) is 48.5 Å². The molecule has 20 heavy (non-hydrogen) atoms. The predicted molar refractivity (Wildman–Crippen MR) is 80.5 cm³/mol. The third-order valence-electron chi connectivity index (χ3n) is 3.05. The van der Waals surface area contributed by atoms with Gasteiger partial charge in [-0.1, -0.05) is 50.2 Å². The first-order valence-corrected chi connectivity index (χ1v) is 7.83. The van der Waals surface area contributed by atoms with Crippen LogP contribution < -0.4 is 9.05 Å². The first kappa shape index (κ1) is 14.5. The molecule has 0 radical (unpaired) electrons. The van der Waals surface area contributed by atoms with Crippen molar-refractivity contribution in [1.29, 1.82) is 0 Å². The van der Waals surface area contributed by atoms with E-state index in [-0.39, 0.29) is 0 Å². The van der Waals surface area contributed by atoms with Crippen LogP contribution in [-0.2, 0) is 17.4 Å². The van der Waals surface area contributed by atoms with Crippen LogP contribution in [0.5, 0.6) is 11.5 Å². The summed E-state index contributed by atoms with van der Waals surface area (Å²) in [5.74, 6) is 1.23. The van der Waals surface area contributed by atoms with E-state index in [9.17, 15) is 4.57 Å². The van der Waals surface area contributed by atoms with Gasteiger partial charge in [0.25, 0.3) is 0 Å². The standard InChI is InChI=1S/C16H18O3P/c1-3-13-9-5-7-11-15(13)18-20(17)19-16-12-8-6-10-14(16)4-2/h5-12H,3-4H2,1-2H3/q+1. The van der Waals surface area contributed by atoms with Crippen LogP contribution in [0.1, 0.15) is 25.0 Å². The van der Waals surface area contributed by atoms with Gasteiger partial charge in [-0.15, -0.1) is 0 Å². The van der Waals surface area contributed by atoms with Gasteiger partial charge in [0.05, 0.1) is 0 Å². The zero-order chi connectivity index (χ0) is 14.4. The monoisotopic (exact) mass is 289 g/mol. The Morgan fingerprint density at radius 1 is 0.800 bits per heavy atom. The molecule has 0 amide bonds. The Balaban J connectivity index is 2.09. The molecule has 2 aromatic rings. The van der Waals surface area contributed by atoms with Crippen molar-refractivity contribution in [3.8, 4) is 11.5 Å². The van der Waals surface area contributed by atoms with Crippen molar-refractivity contribution in [2.75, 3.05) is 0 Å². The molecule has 0 fully saturated rings. The SMILES string of the molecule is CCc1ccccc1O[P+](=O)Oc1ccccc1CC. The van der Waals surface area contributed by atoms with Crippen molar-refractivity contribution in [2.45, 2.75) is 26.7 Å². The normalized spacial score (nSPS) is 10.1. The lowest BCUT2D eigenvalue weighted by Crippen LogP contribution is -1.94. The van der Waals surface area contributed by atoms with Crippen molar-refractivity contribution < 1.29 is 13.6 Å². The number of benzene rings is 2. The molecule has 0 bridgehead atoms. The maximum absolute atomic E-state index is 12.0. The molecule has 0 aromatic heterocycles. The highest BCUT2D eigenvalue weighted by atomic mass is 31.1. The Labute approximate surface area is 120 Å². The summed E-state index contributed by atoms with van der Waals surface area (Å²) in [5.41, 5.74) is 2.03. The van der Waals surface area contributed by atoms with Gasteiger partial charge < -0.3 is 0 Å². The fourth-order valence-electron chi connectivity index (χ4n) is 1.95. The smallest absolute Gasteiger partial charge is 0.222 e. The molecular weight excluding hydrogens is 271 g/mol. The Kier molecular flexibility index (Phi) is 5.14. The zero-order valence-electron chi connectivity index (χ0n) is 11.7. The molecule has 0 saturated heterocycles. The van der Waals surface area contributed by atoms with E-state index in [2.05, 4.69) is 0 Å². The van der Waals surface area contributed by atoms with E-state index >= 15 is 0 Å². The molecule has 4 heteroatoms.